The minimum atomic E-state index is -0.215. The van der Waals surface area contributed by atoms with E-state index in [4.69, 9.17) is 4.74 Å². The van der Waals surface area contributed by atoms with Crippen molar-refractivity contribution in [2.75, 3.05) is 19.1 Å². The van der Waals surface area contributed by atoms with Gasteiger partial charge in [-0.1, -0.05) is 30.3 Å². The Morgan fingerprint density at radius 1 is 1.41 bits per heavy atom. The lowest BCUT2D eigenvalue weighted by molar-refractivity contribution is -0.143. The molecular weight excluding hydrogens is 234 g/mol. The van der Waals surface area contributed by atoms with Gasteiger partial charge in [0.2, 0.25) is 0 Å². The van der Waals surface area contributed by atoms with E-state index in [9.17, 15) is 4.79 Å². The largest absolute Gasteiger partial charge is 0.468 e. The molecule has 0 aromatic heterocycles. The fraction of sp³-hybridized carbons (Fsp3) is 0.462. The van der Waals surface area contributed by atoms with Crippen LogP contribution in [0.15, 0.2) is 30.3 Å². The number of nitrogens with one attached hydrogen (secondary N) is 1. The van der Waals surface area contributed by atoms with Crippen LogP contribution in [0.3, 0.4) is 0 Å². The van der Waals surface area contributed by atoms with E-state index in [0.29, 0.717) is 6.54 Å². The number of benzene rings is 1. The van der Waals surface area contributed by atoms with Crippen molar-refractivity contribution in [2.24, 2.45) is 0 Å². The highest BCUT2D eigenvalue weighted by molar-refractivity contribution is 7.98. The molecule has 1 N–H and O–H groups in total. The molecule has 0 radical (unpaired) electrons. The summed E-state index contributed by atoms with van der Waals surface area (Å²) in [5.41, 5.74) is 1.17. The lowest BCUT2D eigenvalue weighted by Crippen LogP contribution is -2.37. The molecule has 0 fully saturated rings. The fourth-order valence-electron chi connectivity index (χ4n) is 1.52. The molecular formula is C13H19NO2S. The second kappa shape index (κ2) is 8.14. The summed E-state index contributed by atoms with van der Waals surface area (Å²) < 4.78 is 4.79. The molecule has 1 rings (SSSR count). The third kappa shape index (κ3) is 5.24. The van der Waals surface area contributed by atoms with Crippen LogP contribution >= 0.6 is 11.8 Å². The summed E-state index contributed by atoms with van der Waals surface area (Å²) in [5, 5.41) is 3.23. The average molecular weight is 253 g/mol. The van der Waals surface area contributed by atoms with E-state index in [1.807, 2.05) is 36.6 Å². The average Bonchev–Trinajstić information content (AvgIpc) is 2.39. The molecule has 0 amide bonds. The Bertz CT molecular complexity index is 329. The Hall–Kier alpha value is -1.00. The zero-order valence-electron chi connectivity index (χ0n) is 10.3. The van der Waals surface area contributed by atoms with Gasteiger partial charge in [0.05, 0.1) is 7.11 Å². The van der Waals surface area contributed by atoms with Crippen molar-refractivity contribution in [3.63, 3.8) is 0 Å². The van der Waals surface area contributed by atoms with Crippen molar-refractivity contribution in [2.45, 2.75) is 19.0 Å². The van der Waals surface area contributed by atoms with Gasteiger partial charge in [0.15, 0.2) is 0 Å². The minimum Gasteiger partial charge on any atom is -0.468 e. The molecule has 0 aliphatic heterocycles. The van der Waals surface area contributed by atoms with Gasteiger partial charge in [0.25, 0.3) is 0 Å². The second-order valence-corrected chi connectivity index (χ2v) is 4.71. The summed E-state index contributed by atoms with van der Waals surface area (Å²) in [6.07, 6.45) is 2.83. The van der Waals surface area contributed by atoms with Crippen LogP contribution in [0.1, 0.15) is 12.0 Å². The molecule has 0 saturated carbocycles. The highest BCUT2D eigenvalue weighted by atomic mass is 32.2. The van der Waals surface area contributed by atoms with Gasteiger partial charge >= 0.3 is 5.97 Å². The molecule has 1 aromatic rings. The molecule has 0 aliphatic carbocycles. The molecule has 1 atom stereocenters. The first-order valence-electron chi connectivity index (χ1n) is 5.62. The Balaban J connectivity index is 2.46. The van der Waals surface area contributed by atoms with Crippen LogP contribution in [0.2, 0.25) is 0 Å². The quantitative estimate of drug-likeness (QED) is 0.755. The number of carbonyl (C=O) groups excluding carboxylic acids is 1. The predicted molar refractivity (Wildman–Crippen MR) is 72.1 cm³/mol. The summed E-state index contributed by atoms with van der Waals surface area (Å²) in [6.45, 7) is 0.689. The number of carbonyl (C=O) groups is 1. The normalized spacial score (nSPS) is 12.1. The summed E-state index contributed by atoms with van der Waals surface area (Å²) >= 11 is 1.73. The SMILES string of the molecule is COC(=O)C(CCSC)NCc1ccccc1. The van der Waals surface area contributed by atoms with E-state index >= 15 is 0 Å². The number of hydrogen-bond acceptors (Lipinski definition) is 4. The number of rotatable bonds is 7. The molecule has 0 aliphatic rings. The van der Waals surface area contributed by atoms with Crippen LogP contribution in [-0.2, 0) is 16.1 Å². The lowest BCUT2D eigenvalue weighted by Gasteiger charge is -2.15. The van der Waals surface area contributed by atoms with Gasteiger partial charge in [-0.15, -0.1) is 0 Å². The smallest absolute Gasteiger partial charge is 0.322 e. The Kier molecular flexibility index (Phi) is 6.74. The third-order valence-corrected chi connectivity index (χ3v) is 3.14. The van der Waals surface area contributed by atoms with Crippen molar-refractivity contribution in [3.8, 4) is 0 Å². The first-order chi connectivity index (χ1) is 8.27. The summed E-state index contributed by atoms with van der Waals surface area (Å²) in [7, 11) is 1.43. The Labute approximate surface area is 107 Å². The van der Waals surface area contributed by atoms with E-state index in [0.717, 1.165) is 12.2 Å². The number of ether oxygens (including phenoxy) is 1. The number of methoxy groups -OCH3 is 1. The van der Waals surface area contributed by atoms with E-state index in [1.165, 1.54) is 12.7 Å². The van der Waals surface area contributed by atoms with Gasteiger partial charge < -0.3 is 10.1 Å². The van der Waals surface area contributed by atoms with E-state index in [1.54, 1.807) is 11.8 Å². The topological polar surface area (TPSA) is 38.3 Å². The monoisotopic (exact) mass is 253 g/mol. The van der Waals surface area contributed by atoms with E-state index in [-0.39, 0.29) is 12.0 Å². The molecule has 94 valence electrons. The number of hydrogen-bond donors (Lipinski definition) is 1. The molecule has 4 heteroatoms. The van der Waals surface area contributed by atoms with Gasteiger partial charge in [-0.05, 0) is 24.0 Å². The zero-order valence-corrected chi connectivity index (χ0v) is 11.1. The third-order valence-electron chi connectivity index (χ3n) is 2.49. The van der Waals surface area contributed by atoms with E-state index in [2.05, 4.69) is 5.32 Å². The molecule has 3 nitrogen and oxygen atoms in total. The van der Waals surface area contributed by atoms with Gasteiger partial charge in [-0.2, -0.15) is 11.8 Å². The van der Waals surface area contributed by atoms with Crippen molar-refractivity contribution < 1.29 is 9.53 Å². The fourth-order valence-corrected chi connectivity index (χ4v) is 1.99. The summed E-state index contributed by atoms with van der Waals surface area (Å²) in [4.78, 5) is 11.5. The van der Waals surface area contributed by atoms with Gasteiger partial charge in [-0.25, -0.2) is 0 Å². The zero-order chi connectivity index (χ0) is 12.5. The molecule has 0 bridgehead atoms. The Morgan fingerprint density at radius 3 is 2.71 bits per heavy atom. The standard InChI is InChI=1S/C13H19NO2S/c1-16-13(15)12(8-9-17-2)14-10-11-6-4-3-5-7-11/h3-7,12,14H,8-10H2,1-2H3. The molecule has 0 heterocycles. The molecule has 1 aromatic carbocycles. The van der Waals surface area contributed by atoms with Crippen LogP contribution in [-0.4, -0.2) is 31.1 Å². The number of thioether (sulfide) groups is 1. The van der Waals surface area contributed by atoms with Crippen molar-refractivity contribution in [1.82, 2.24) is 5.32 Å². The molecule has 1 unspecified atom stereocenters. The molecule has 0 spiro atoms. The van der Waals surface area contributed by atoms with Crippen LogP contribution < -0.4 is 5.32 Å². The first-order valence-corrected chi connectivity index (χ1v) is 7.01. The maximum atomic E-state index is 11.5. The summed E-state index contributed by atoms with van der Waals surface area (Å²) in [5.74, 6) is 0.761. The van der Waals surface area contributed by atoms with Crippen molar-refractivity contribution in [3.05, 3.63) is 35.9 Å². The minimum absolute atomic E-state index is 0.185. The van der Waals surface area contributed by atoms with Crippen LogP contribution in [0.5, 0.6) is 0 Å². The summed E-state index contributed by atoms with van der Waals surface area (Å²) in [6, 6.07) is 9.83. The van der Waals surface area contributed by atoms with Gasteiger partial charge in [0.1, 0.15) is 6.04 Å². The highest BCUT2D eigenvalue weighted by Gasteiger charge is 2.17. The maximum absolute atomic E-state index is 11.5. The van der Waals surface area contributed by atoms with Crippen molar-refractivity contribution >= 4 is 17.7 Å². The van der Waals surface area contributed by atoms with E-state index < -0.39 is 0 Å². The lowest BCUT2D eigenvalue weighted by atomic mass is 10.2. The first kappa shape index (κ1) is 14.1. The highest BCUT2D eigenvalue weighted by Crippen LogP contribution is 2.04. The maximum Gasteiger partial charge on any atom is 0.322 e. The molecule has 17 heavy (non-hydrogen) atoms. The predicted octanol–water partition coefficient (Wildman–Crippen LogP) is 2.07. The van der Waals surface area contributed by atoms with Crippen LogP contribution in [0.25, 0.3) is 0 Å². The van der Waals surface area contributed by atoms with Crippen LogP contribution in [0.4, 0.5) is 0 Å². The second-order valence-electron chi connectivity index (χ2n) is 3.72. The Morgan fingerprint density at radius 2 is 2.12 bits per heavy atom. The van der Waals surface area contributed by atoms with Crippen molar-refractivity contribution in [1.29, 1.82) is 0 Å². The molecule has 0 saturated heterocycles. The van der Waals surface area contributed by atoms with Gasteiger partial charge in [0, 0.05) is 6.54 Å². The number of esters is 1. The van der Waals surface area contributed by atoms with Gasteiger partial charge in [-0.3, -0.25) is 4.79 Å². The van der Waals surface area contributed by atoms with Crippen LogP contribution in [0, 0.1) is 0 Å².